The lowest BCUT2D eigenvalue weighted by atomic mass is 10.0. The Bertz CT molecular complexity index is 639. The second-order valence-electron chi connectivity index (χ2n) is 6.00. The van der Waals surface area contributed by atoms with E-state index in [0.29, 0.717) is 18.7 Å². The maximum atomic E-state index is 12.8. The molecule has 1 unspecified atom stereocenters. The molecule has 1 aromatic rings. The van der Waals surface area contributed by atoms with Crippen LogP contribution in [0.2, 0.25) is 0 Å². The molecule has 7 heteroatoms. The van der Waals surface area contributed by atoms with Crippen LogP contribution in [0.25, 0.3) is 0 Å². The van der Waals surface area contributed by atoms with E-state index in [1.165, 1.54) is 16.4 Å². The zero-order valence-corrected chi connectivity index (χ0v) is 14.3. The van der Waals surface area contributed by atoms with E-state index < -0.39 is 22.0 Å². The van der Waals surface area contributed by atoms with Crippen LogP contribution in [0.3, 0.4) is 0 Å². The largest absolute Gasteiger partial charge is 0.491 e. The molecule has 0 bridgehead atoms. The third-order valence-electron chi connectivity index (χ3n) is 3.79. The van der Waals surface area contributed by atoms with Crippen LogP contribution in [0.5, 0.6) is 5.75 Å². The van der Waals surface area contributed by atoms with Gasteiger partial charge in [-0.2, -0.15) is 4.31 Å². The quantitative estimate of drug-likeness (QED) is 0.859. The average Bonchev–Trinajstić information content (AvgIpc) is 2.47. The van der Waals surface area contributed by atoms with Crippen LogP contribution in [0.1, 0.15) is 39.5 Å². The molecule has 2 rings (SSSR count). The summed E-state index contributed by atoms with van der Waals surface area (Å²) in [5.74, 6) is -0.363. The fraction of sp³-hybridized carbons (Fsp3) is 0.562. The lowest BCUT2D eigenvalue weighted by Gasteiger charge is -2.33. The second-order valence-corrected chi connectivity index (χ2v) is 7.89. The van der Waals surface area contributed by atoms with E-state index in [1.54, 1.807) is 12.1 Å². The first-order valence-electron chi connectivity index (χ1n) is 7.81. The normalized spacial score (nSPS) is 19.7. The van der Waals surface area contributed by atoms with Crippen LogP contribution in [0, 0.1) is 0 Å². The van der Waals surface area contributed by atoms with Gasteiger partial charge < -0.3 is 9.84 Å². The number of hydrogen-bond donors (Lipinski definition) is 1. The van der Waals surface area contributed by atoms with Gasteiger partial charge in [0.05, 0.1) is 17.4 Å². The molecule has 6 nitrogen and oxygen atoms in total. The fourth-order valence-electron chi connectivity index (χ4n) is 2.79. The van der Waals surface area contributed by atoms with Gasteiger partial charge in [0, 0.05) is 12.6 Å². The van der Waals surface area contributed by atoms with Gasteiger partial charge in [0.15, 0.2) is 0 Å². The highest BCUT2D eigenvalue weighted by atomic mass is 32.2. The van der Waals surface area contributed by atoms with E-state index >= 15 is 0 Å². The summed E-state index contributed by atoms with van der Waals surface area (Å²) in [5.41, 5.74) is 0. The molecule has 1 aliphatic rings. The molecule has 1 fully saturated rings. The van der Waals surface area contributed by atoms with Gasteiger partial charge in [-0.1, -0.05) is 6.42 Å². The van der Waals surface area contributed by atoms with E-state index in [9.17, 15) is 13.2 Å². The Morgan fingerprint density at radius 3 is 2.52 bits per heavy atom. The highest BCUT2D eigenvalue weighted by Gasteiger charge is 2.34. The van der Waals surface area contributed by atoms with Gasteiger partial charge in [-0.05, 0) is 51.0 Å². The molecule has 128 valence electrons. The van der Waals surface area contributed by atoms with Crippen LogP contribution in [0.4, 0.5) is 0 Å². The highest BCUT2D eigenvalue weighted by molar-refractivity contribution is 7.89. The number of carbonyl (C=O) groups is 1. The van der Waals surface area contributed by atoms with Crippen molar-refractivity contribution >= 4 is 16.0 Å². The van der Waals surface area contributed by atoms with Crippen molar-refractivity contribution in [1.82, 2.24) is 4.31 Å². The molecular formula is C16H23NO5S. The first kappa shape index (κ1) is 17.7. The van der Waals surface area contributed by atoms with Gasteiger partial charge in [-0.25, -0.2) is 8.42 Å². The average molecular weight is 341 g/mol. The molecule has 0 amide bonds. The lowest BCUT2D eigenvalue weighted by Crippen LogP contribution is -2.44. The van der Waals surface area contributed by atoms with E-state index in [2.05, 4.69) is 0 Å². The monoisotopic (exact) mass is 341 g/mol. The maximum absolute atomic E-state index is 12.8. The van der Waals surface area contributed by atoms with Crippen LogP contribution < -0.4 is 4.74 Å². The lowest BCUT2D eigenvalue weighted by molar-refractivity contribution is -0.138. The summed E-state index contributed by atoms with van der Waals surface area (Å²) in [4.78, 5) is 11.2. The van der Waals surface area contributed by atoms with Crippen LogP contribution in [-0.4, -0.2) is 42.5 Å². The minimum absolute atomic E-state index is 0.0134. The van der Waals surface area contributed by atoms with Crippen LogP contribution >= 0.6 is 0 Å². The number of piperidine rings is 1. The first-order valence-corrected chi connectivity index (χ1v) is 9.25. The summed E-state index contributed by atoms with van der Waals surface area (Å²) in [6.07, 6.45) is 2.04. The van der Waals surface area contributed by atoms with Crippen molar-refractivity contribution in [3.63, 3.8) is 0 Å². The minimum atomic E-state index is -3.69. The Kier molecular flexibility index (Phi) is 5.64. The number of benzene rings is 1. The fourth-order valence-corrected chi connectivity index (χ4v) is 4.49. The van der Waals surface area contributed by atoms with Gasteiger partial charge >= 0.3 is 5.97 Å². The number of ether oxygens (including phenoxy) is 1. The summed E-state index contributed by atoms with van der Waals surface area (Å²) in [7, 11) is -3.69. The molecule has 1 aromatic carbocycles. The number of hydrogen-bond acceptors (Lipinski definition) is 4. The standard InChI is InChI=1S/C16H23NO5S/c1-12(2)22-14-6-8-15(9-7-14)23(20,21)17-10-4-3-5-13(17)11-16(18)19/h6-9,12-13H,3-5,10-11H2,1-2H3,(H,18,19). The molecule has 1 atom stereocenters. The number of carboxylic acids is 1. The Morgan fingerprint density at radius 2 is 1.96 bits per heavy atom. The van der Waals surface area contributed by atoms with Crippen molar-refractivity contribution in [2.45, 2.75) is 56.6 Å². The van der Waals surface area contributed by atoms with Gasteiger partial charge in [0.2, 0.25) is 10.0 Å². The number of rotatable bonds is 6. The Hall–Kier alpha value is -1.60. The molecule has 1 aliphatic heterocycles. The molecule has 0 aromatic heterocycles. The molecule has 1 heterocycles. The third kappa shape index (κ3) is 4.45. The Balaban J connectivity index is 2.23. The van der Waals surface area contributed by atoms with E-state index in [0.717, 1.165) is 12.8 Å². The molecule has 0 aliphatic carbocycles. The molecular weight excluding hydrogens is 318 g/mol. The van der Waals surface area contributed by atoms with E-state index in [4.69, 9.17) is 9.84 Å². The zero-order chi connectivity index (χ0) is 17.0. The predicted octanol–water partition coefficient (Wildman–Crippen LogP) is 2.49. The van der Waals surface area contributed by atoms with Crippen LogP contribution in [-0.2, 0) is 14.8 Å². The van der Waals surface area contributed by atoms with Crippen molar-refractivity contribution in [2.75, 3.05) is 6.54 Å². The summed E-state index contributed by atoms with van der Waals surface area (Å²) in [6.45, 7) is 4.16. The second kappa shape index (κ2) is 7.31. The summed E-state index contributed by atoms with van der Waals surface area (Å²) in [6, 6.07) is 5.81. The molecule has 1 N–H and O–H groups in total. The summed E-state index contributed by atoms with van der Waals surface area (Å²) < 4.78 is 32.5. The van der Waals surface area contributed by atoms with Crippen molar-refractivity contribution in [3.05, 3.63) is 24.3 Å². The van der Waals surface area contributed by atoms with Gasteiger partial charge in [-0.15, -0.1) is 0 Å². The van der Waals surface area contributed by atoms with Crippen molar-refractivity contribution in [2.24, 2.45) is 0 Å². The smallest absolute Gasteiger partial charge is 0.304 e. The minimum Gasteiger partial charge on any atom is -0.491 e. The highest BCUT2D eigenvalue weighted by Crippen LogP contribution is 2.28. The summed E-state index contributed by atoms with van der Waals surface area (Å²) in [5, 5.41) is 9.00. The summed E-state index contributed by atoms with van der Waals surface area (Å²) >= 11 is 0. The number of aliphatic carboxylic acids is 1. The molecule has 0 spiro atoms. The topological polar surface area (TPSA) is 83.9 Å². The SMILES string of the molecule is CC(C)Oc1ccc(S(=O)(=O)N2CCCCC2CC(=O)O)cc1. The van der Waals surface area contributed by atoms with Crippen LogP contribution in [0.15, 0.2) is 29.2 Å². The van der Waals surface area contributed by atoms with E-state index in [-0.39, 0.29) is 17.4 Å². The number of carboxylic acid groups (broad SMARTS) is 1. The van der Waals surface area contributed by atoms with Crippen molar-refractivity contribution in [3.8, 4) is 5.75 Å². The molecule has 23 heavy (non-hydrogen) atoms. The molecule has 0 radical (unpaired) electrons. The van der Waals surface area contributed by atoms with Crippen molar-refractivity contribution in [1.29, 1.82) is 0 Å². The molecule has 0 saturated carbocycles. The number of nitrogens with zero attached hydrogens (tertiary/aromatic N) is 1. The maximum Gasteiger partial charge on any atom is 0.304 e. The van der Waals surface area contributed by atoms with Gasteiger partial charge in [-0.3, -0.25) is 4.79 Å². The van der Waals surface area contributed by atoms with E-state index in [1.807, 2.05) is 13.8 Å². The Morgan fingerprint density at radius 1 is 1.30 bits per heavy atom. The zero-order valence-electron chi connectivity index (χ0n) is 13.4. The first-order chi connectivity index (χ1) is 10.8. The Labute approximate surface area is 137 Å². The molecule has 1 saturated heterocycles. The van der Waals surface area contributed by atoms with Crippen molar-refractivity contribution < 1.29 is 23.1 Å². The van der Waals surface area contributed by atoms with Gasteiger partial charge in [0.25, 0.3) is 0 Å². The third-order valence-corrected chi connectivity index (χ3v) is 5.75. The predicted molar refractivity (Wildman–Crippen MR) is 86.0 cm³/mol. The van der Waals surface area contributed by atoms with Gasteiger partial charge in [0.1, 0.15) is 5.75 Å². The number of sulfonamides is 1.